The third-order valence-corrected chi connectivity index (χ3v) is 4.45. The summed E-state index contributed by atoms with van der Waals surface area (Å²) in [6.45, 7) is 6.72. The molecule has 0 fully saturated rings. The highest BCUT2D eigenvalue weighted by Crippen LogP contribution is 2.21. The van der Waals surface area contributed by atoms with Crippen LogP contribution in [0.1, 0.15) is 37.6 Å². The van der Waals surface area contributed by atoms with Crippen molar-refractivity contribution < 1.29 is 28.5 Å². The van der Waals surface area contributed by atoms with Crippen LogP contribution in [-0.2, 0) is 14.3 Å². The monoisotopic (exact) mass is 458 g/mol. The van der Waals surface area contributed by atoms with Crippen LogP contribution in [0.4, 0.5) is 5.69 Å². The molecule has 0 spiro atoms. The highest BCUT2D eigenvalue weighted by atomic mass is 16.7. The molecule has 0 bridgehead atoms. The van der Waals surface area contributed by atoms with Crippen molar-refractivity contribution in [2.45, 2.75) is 39.1 Å². The molecule has 0 radical (unpaired) electrons. The highest BCUT2D eigenvalue weighted by molar-refractivity contribution is 5.99. The number of hydrogen-bond acceptors (Lipinski definition) is 7. The molecule has 0 saturated carbocycles. The molecule has 2 aromatic carbocycles. The fraction of sp³-hybridized carbons (Fsp3) is 0.440. The van der Waals surface area contributed by atoms with Crippen LogP contribution >= 0.6 is 0 Å². The molecule has 1 atom stereocenters. The number of nitrogens with one attached hydrogen (secondary N) is 2. The molecule has 0 aliphatic rings. The fourth-order valence-electron chi connectivity index (χ4n) is 2.88. The number of rotatable bonds is 13. The van der Waals surface area contributed by atoms with E-state index >= 15 is 0 Å². The van der Waals surface area contributed by atoms with Crippen molar-refractivity contribution in [1.29, 1.82) is 0 Å². The summed E-state index contributed by atoms with van der Waals surface area (Å²) in [5.74, 6) is 1.05. The van der Waals surface area contributed by atoms with Crippen LogP contribution in [0.15, 0.2) is 48.5 Å². The van der Waals surface area contributed by atoms with Crippen molar-refractivity contribution in [3.63, 3.8) is 0 Å². The molecular weight excluding hydrogens is 424 g/mol. The van der Waals surface area contributed by atoms with Crippen LogP contribution in [0.2, 0.25) is 0 Å². The first-order valence-electron chi connectivity index (χ1n) is 10.8. The smallest absolute Gasteiger partial charge is 0.226 e. The van der Waals surface area contributed by atoms with E-state index in [4.69, 9.17) is 18.9 Å². The summed E-state index contributed by atoms with van der Waals surface area (Å²) >= 11 is 0. The fourth-order valence-corrected chi connectivity index (χ4v) is 2.88. The minimum Gasteiger partial charge on any atom is -0.497 e. The van der Waals surface area contributed by atoms with Gasteiger partial charge in [0.25, 0.3) is 0 Å². The Morgan fingerprint density at radius 1 is 0.939 bits per heavy atom. The van der Waals surface area contributed by atoms with Gasteiger partial charge in [0.15, 0.2) is 5.78 Å². The van der Waals surface area contributed by atoms with Crippen LogP contribution < -0.4 is 20.1 Å². The largest absolute Gasteiger partial charge is 0.497 e. The number of methoxy groups -OCH3 is 2. The lowest BCUT2D eigenvalue weighted by Gasteiger charge is -2.27. The number of ether oxygens (including phenoxy) is 4. The second-order valence-corrected chi connectivity index (χ2v) is 8.35. The Balaban J connectivity index is 1.91. The third kappa shape index (κ3) is 9.93. The Kier molecular flexibility index (Phi) is 10.2. The van der Waals surface area contributed by atoms with Crippen molar-refractivity contribution in [1.82, 2.24) is 5.32 Å². The highest BCUT2D eigenvalue weighted by Gasteiger charge is 2.23. The number of Topliss-reactive ketones (excluding diaryl/α,β-unsaturated/α-hetero) is 1. The summed E-state index contributed by atoms with van der Waals surface area (Å²) in [5.41, 5.74) is 0.893. The second-order valence-electron chi connectivity index (χ2n) is 8.35. The average Bonchev–Trinajstić information content (AvgIpc) is 2.77. The summed E-state index contributed by atoms with van der Waals surface area (Å²) in [6, 6.07) is 14.1. The molecule has 2 N–H and O–H groups in total. The quantitative estimate of drug-likeness (QED) is 0.269. The van der Waals surface area contributed by atoms with E-state index in [0.717, 1.165) is 5.69 Å². The maximum absolute atomic E-state index is 12.4. The number of anilines is 1. The SMILES string of the molecule is COCCNC(=O)CC(Oc1ccc(NCC(=O)c2ccc(OC)cc2)cc1)OC(C)(C)C. The molecule has 1 unspecified atom stereocenters. The standard InChI is InChI=1S/C25H34N2O6/c1-25(2,3)33-24(16-23(29)26-14-15-30-4)32-21-12-8-19(9-13-21)27-17-22(28)18-6-10-20(31-5)11-7-18/h6-13,24,27H,14-17H2,1-5H3,(H,26,29). The Morgan fingerprint density at radius 2 is 1.58 bits per heavy atom. The Morgan fingerprint density at radius 3 is 2.15 bits per heavy atom. The van der Waals surface area contributed by atoms with Gasteiger partial charge in [0.2, 0.25) is 12.2 Å². The van der Waals surface area contributed by atoms with E-state index < -0.39 is 11.9 Å². The topological polar surface area (TPSA) is 95.1 Å². The normalized spacial score (nSPS) is 12.0. The molecule has 8 nitrogen and oxygen atoms in total. The lowest BCUT2D eigenvalue weighted by atomic mass is 10.1. The first-order valence-corrected chi connectivity index (χ1v) is 10.8. The molecule has 0 aromatic heterocycles. The van der Waals surface area contributed by atoms with Gasteiger partial charge in [-0.1, -0.05) is 0 Å². The lowest BCUT2D eigenvalue weighted by molar-refractivity contribution is -0.161. The average molecular weight is 459 g/mol. The molecule has 8 heteroatoms. The first-order chi connectivity index (χ1) is 15.7. The van der Waals surface area contributed by atoms with Gasteiger partial charge >= 0.3 is 0 Å². The molecule has 180 valence electrons. The summed E-state index contributed by atoms with van der Waals surface area (Å²) < 4.78 is 21.9. The zero-order valence-corrected chi connectivity index (χ0v) is 20.0. The number of carbonyl (C=O) groups excluding carboxylic acids is 2. The van der Waals surface area contributed by atoms with E-state index in [1.165, 1.54) is 0 Å². The zero-order valence-electron chi connectivity index (χ0n) is 20.0. The van der Waals surface area contributed by atoms with Gasteiger partial charge in [-0.05, 0) is 69.3 Å². The van der Waals surface area contributed by atoms with Crippen molar-refractivity contribution in [3.8, 4) is 11.5 Å². The molecule has 0 heterocycles. The predicted molar refractivity (Wildman–Crippen MR) is 127 cm³/mol. The van der Waals surface area contributed by atoms with Gasteiger partial charge in [-0.15, -0.1) is 0 Å². The summed E-state index contributed by atoms with van der Waals surface area (Å²) in [5, 5.41) is 5.88. The number of ketones is 1. The van der Waals surface area contributed by atoms with E-state index in [1.54, 1.807) is 50.6 Å². The minimum atomic E-state index is -0.747. The third-order valence-electron chi connectivity index (χ3n) is 4.45. The van der Waals surface area contributed by atoms with E-state index in [2.05, 4.69) is 10.6 Å². The number of carbonyl (C=O) groups is 2. The Labute approximate surface area is 195 Å². The van der Waals surface area contributed by atoms with Gasteiger partial charge < -0.3 is 29.6 Å². The molecular formula is C25H34N2O6. The van der Waals surface area contributed by atoms with Gasteiger partial charge in [0, 0.05) is 24.9 Å². The summed E-state index contributed by atoms with van der Waals surface area (Å²) in [6.07, 6.45) is -0.694. The predicted octanol–water partition coefficient (Wildman–Crippen LogP) is 3.66. The maximum Gasteiger partial charge on any atom is 0.226 e. The Hall–Kier alpha value is -3.10. The second kappa shape index (κ2) is 12.8. The van der Waals surface area contributed by atoms with Crippen LogP contribution in [0.25, 0.3) is 0 Å². The number of benzene rings is 2. The molecule has 0 saturated heterocycles. The number of hydrogen-bond donors (Lipinski definition) is 2. The van der Waals surface area contributed by atoms with Gasteiger partial charge in [-0.25, -0.2) is 0 Å². The molecule has 2 rings (SSSR count). The molecule has 33 heavy (non-hydrogen) atoms. The Bertz CT molecular complexity index is 875. The van der Waals surface area contributed by atoms with Crippen LogP contribution in [-0.4, -0.2) is 57.5 Å². The molecule has 1 amide bonds. The molecule has 0 aliphatic carbocycles. The summed E-state index contributed by atoms with van der Waals surface area (Å²) in [7, 11) is 3.16. The van der Waals surface area contributed by atoms with E-state index in [-0.39, 0.29) is 24.7 Å². The van der Waals surface area contributed by atoms with Crippen LogP contribution in [0.5, 0.6) is 11.5 Å². The maximum atomic E-state index is 12.4. The van der Waals surface area contributed by atoms with Gasteiger partial charge in [-0.3, -0.25) is 9.59 Å². The van der Waals surface area contributed by atoms with Crippen LogP contribution in [0.3, 0.4) is 0 Å². The van der Waals surface area contributed by atoms with E-state index in [9.17, 15) is 9.59 Å². The van der Waals surface area contributed by atoms with Crippen LogP contribution in [0, 0.1) is 0 Å². The summed E-state index contributed by atoms with van der Waals surface area (Å²) in [4.78, 5) is 24.6. The molecule has 2 aromatic rings. The van der Waals surface area contributed by atoms with E-state index in [1.807, 2.05) is 32.9 Å². The number of amides is 1. The van der Waals surface area contributed by atoms with Gasteiger partial charge in [0.1, 0.15) is 11.5 Å². The van der Waals surface area contributed by atoms with E-state index in [0.29, 0.717) is 30.2 Å². The van der Waals surface area contributed by atoms with Gasteiger partial charge in [-0.2, -0.15) is 0 Å². The van der Waals surface area contributed by atoms with Crippen molar-refractivity contribution in [2.75, 3.05) is 39.2 Å². The zero-order chi connectivity index (χ0) is 24.3. The molecule has 0 aliphatic heterocycles. The van der Waals surface area contributed by atoms with Crippen molar-refractivity contribution in [2.24, 2.45) is 0 Å². The minimum absolute atomic E-state index is 0.0314. The first kappa shape index (κ1) is 26.2. The lowest BCUT2D eigenvalue weighted by Crippen LogP contribution is -2.37. The van der Waals surface area contributed by atoms with Gasteiger partial charge in [0.05, 0.1) is 32.3 Å². The van der Waals surface area contributed by atoms with Crippen molar-refractivity contribution in [3.05, 3.63) is 54.1 Å². The van der Waals surface area contributed by atoms with Crippen molar-refractivity contribution >= 4 is 17.4 Å².